The van der Waals surface area contributed by atoms with Gasteiger partial charge in [0, 0.05) is 16.8 Å². The normalized spacial score (nSPS) is 13.0. The Hall–Kier alpha value is -1.68. The summed E-state index contributed by atoms with van der Waals surface area (Å²) in [6.07, 6.45) is 0. The van der Waals surface area contributed by atoms with Crippen molar-refractivity contribution in [1.82, 2.24) is 0 Å². The molecule has 0 saturated carbocycles. The summed E-state index contributed by atoms with van der Waals surface area (Å²) in [5, 5.41) is 9.72. The fourth-order valence-corrected chi connectivity index (χ4v) is 4.86. The van der Waals surface area contributed by atoms with Gasteiger partial charge in [-0.25, -0.2) is 0 Å². The first-order chi connectivity index (χ1) is 11.1. The minimum Gasteiger partial charge on any atom is -0.855 e. The first-order valence-corrected chi connectivity index (χ1v) is 9.38. The highest BCUT2D eigenvalue weighted by atomic mass is 32.2. The number of hydrogen-bond acceptors (Lipinski definition) is 3. The highest BCUT2D eigenvalue weighted by Crippen LogP contribution is 2.54. The first-order valence-electron chi connectivity index (χ1n) is 6.71. The van der Waals surface area contributed by atoms with E-state index in [1.165, 1.54) is 18.2 Å². The summed E-state index contributed by atoms with van der Waals surface area (Å²) >= 11 is 0. The molecule has 0 aliphatic rings. The van der Waals surface area contributed by atoms with Crippen LogP contribution in [0.5, 0.6) is 0 Å². The summed E-state index contributed by atoms with van der Waals surface area (Å²) in [5.41, 5.74) is -4.51. The second-order valence-electron chi connectivity index (χ2n) is 4.67. The molecular formula is C15H13F3O4S2. The molecule has 2 aromatic carbocycles. The standard InChI is InChI=1S/C13H7F3O3S2.C2H5O/c14-13(15,16)20-11-4-2-1-3-9(11)10-6-5-8(7-12(10)20)21(17,18)19;1-2-3/h1-7H;2H2,1H3/q;-1/p+1. The lowest BCUT2D eigenvalue weighted by Gasteiger charge is -1.98. The Morgan fingerprint density at radius 2 is 1.62 bits per heavy atom. The van der Waals surface area contributed by atoms with Gasteiger partial charge in [-0.1, -0.05) is 19.1 Å². The van der Waals surface area contributed by atoms with Crippen LogP contribution in [-0.2, 0) is 15.6 Å². The molecule has 0 bridgehead atoms. The predicted molar refractivity (Wildman–Crippen MR) is 85.6 cm³/mol. The molecule has 1 unspecified atom stereocenters. The molecule has 24 heavy (non-hydrogen) atoms. The van der Waals surface area contributed by atoms with Crippen molar-refractivity contribution < 1.29 is 31.2 Å². The SMILES string of the molecule is CC[O-].O=S(=O)(O)c1ccc2c3ccccc3[s+](C(F)(F)F)c2c1. The van der Waals surface area contributed by atoms with E-state index < -0.39 is 31.0 Å². The van der Waals surface area contributed by atoms with Crippen LogP contribution >= 0.6 is 10.5 Å². The van der Waals surface area contributed by atoms with Crippen LogP contribution in [0, 0.1) is 0 Å². The molecule has 1 atom stereocenters. The van der Waals surface area contributed by atoms with Crippen LogP contribution in [0.25, 0.3) is 20.2 Å². The quantitative estimate of drug-likeness (QED) is 0.516. The van der Waals surface area contributed by atoms with E-state index in [9.17, 15) is 21.6 Å². The number of benzene rings is 2. The van der Waals surface area contributed by atoms with Crippen molar-refractivity contribution in [2.45, 2.75) is 17.3 Å². The van der Waals surface area contributed by atoms with Gasteiger partial charge in [0.1, 0.15) is 10.5 Å². The highest BCUT2D eigenvalue weighted by molar-refractivity contribution is 7.85. The molecule has 3 aromatic rings. The van der Waals surface area contributed by atoms with Gasteiger partial charge in [0.15, 0.2) is 9.40 Å². The van der Waals surface area contributed by atoms with Crippen LogP contribution in [0.3, 0.4) is 0 Å². The zero-order valence-corrected chi connectivity index (χ0v) is 14.0. The Morgan fingerprint density at radius 1 is 1.08 bits per heavy atom. The largest absolute Gasteiger partial charge is 0.855 e. The van der Waals surface area contributed by atoms with Gasteiger partial charge in [-0.2, -0.15) is 8.42 Å². The fraction of sp³-hybridized carbons (Fsp3) is 0.200. The Labute approximate surface area is 138 Å². The molecule has 0 aliphatic heterocycles. The fourth-order valence-electron chi connectivity index (χ4n) is 2.29. The number of halogens is 3. The molecule has 0 fully saturated rings. The monoisotopic (exact) mass is 378 g/mol. The number of thiophene rings is 1. The summed E-state index contributed by atoms with van der Waals surface area (Å²) < 4.78 is 71.3. The van der Waals surface area contributed by atoms with E-state index in [1.807, 2.05) is 0 Å². The summed E-state index contributed by atoms with van der Waals surface area (Å²) in [7, 11) is -6.76. The molecule has 1 aromatic heterocycles. The zero-order valence-electron chi connectivity index (χ0n) is 12.4. The Bertz CT molecular complexity index is 975. The smallest absolute Gasteiger partial charge is 0.601 e. The molecule has 0 aliphatic carbocycles. The second kappa shape index (κ2) is 6.67. The van der Waals surface area contributed by atoms with Crippen LogP contribution in [0.1, 0.15) is 6.92 Å². The van der Waals surface area contributed by atoms with Gasteiger partial charge < -0.3 is 5.11 Å². The minimum atomic E-state index is -4.54. The average Bonchev–Trinajstić information content (AvgIpc) is 2.80. The van der Waals surface area contributed by atoms with Crippen molar-refractivity contribution in [2.24, 2.45) is 0 Å². The molecule has 0 radical (unpaired) electrons. The van der Waals surface area contributed by atoms with Crippen molar-refractivity contribution in [1.29, 1.82) is 0 Å². The molecular weight excluding hydrogens is 365 g/mol. The molecule has 130 valence electrons. The van der Waals surface area contributed by atoms with Crippen LogP contribution in [0.15, 0.2) is 47.4 Å². The van der Waals surface area contributed by atoms with E-state index >= 15 is 0 Å². The van der Waals surface area contributed by atoms with E-state index in [2.05, 4.69) is 0 Å². The lowest BCUT2D eigenvalue weighted by atomic mass is 10.2. The topological polar surface area (TPSA) is 77.4 Å². The lowest BCUT2D eigenvalue weighted by molar-refractivity contribution is -0.361. The van der Waals surface area contributed by atoms with E-state index in [1.54, 1.807) is 19.1 Å². The van der Waals surface area contributed by atoms with Crippen LogP contribution < -0.4 is 5.11 Å². The van der Waals surface area contributed by atoms with E-state index in [4.69, 9.17) is 9.66 Å². The van der Waals surface area contributed by atoms with E-state index in [0.29, 0.717) is 10.8 Å². The molecule has 1 N–H and O–H groups in total. The first kappa shape index (κ1) is 18.7. The summed E-state index contributed by atoms with van der Waals surface area (Å²) in [5.74, 6) is 0. The molecule has 0 saturated heterocycles. The van der Waals surface area contributed by atoms with E-state index in [-0.39, 0.29) is 16.0 Å². The van der Waals surface area contributed by atoms with Crippen molar-refractivity contribution in [3.63, 3.8) is 0 Å². The minimum absolute atomic E-state index is 0. The van der Waals surface area contributed by atoms with Gasteiger partial charge in [0.05, 0.1) is 4.90 Å². The number of hydrogen-bond donors (Lipinski definition) is 1. The predicted octanol–water partition coefficient (Wildman–Crippen LogP) is 3.83. The Kier molecular flexibility index (Phi) is 5.19. The number of alkyl halides is 3. The van der Waals surface area contributed by atoms with Gasteiger partial charge in [0.2, 0.25) is 0 Å². The zero-order chi connectivity index (χ0) is 18.1. The molecule has 9 heteroatoms. The van der Waals surface area contributed by atoms with Gasteiger partial charge in [-0.15, -0.1) is 19.8 Å². The van der Waals surface area contributed by atoms with Gasteiger partial charge in [-0.3, -0.25) is 4.55 Å². The van der Waals surface area contributed by atoms with Crippen LogP contribution in [0.4, 0.5) is 13.2 Å². The van der Waals surface area contributed by atoms with Gasteiger partial charge in [-0.05, 0) is 24.3 Å². The van der Waals surface area contributed by atoms with Crippen LogP contribution in [-0.4, -0.2) is 19.6 Å². The summed E-state index contributed by atoms with van der Waals surface area (Å²) in [6, 6.07) is 9.41. The maximum Gasteiger partial charge on any atom is 0.601 e. The average molecular weight is 378 g/mol. The van der Waals surface area contributed by atoms with E-state index in [0.717, 1.165) is 12.1 Å². The molecule has 1 heterocycles. The number of rotatable bonds is 1. The third kappa shape index (κ3) is 3.54. The maximum atomic E-state index is 13.3. The van der Waals surface area contributed by atoms with Crippen molar-refractivity contribution in [3.05, 3.63) is 42.5 Å². The Morgan fingerprint density at radius 3 is 2.17 bits per heavy atom. The van der Waals surface area contributed by atoms with Crippen molar-refractivity contribution >= 4 is 40.8 Å². The highest BCUT2D eigenvalue weighted by Gasteiger charge is 2.47. The van der Waals surface area contributed by atoms with Crippen LogP contribution in [0.2, 0.25) is 0 Å². The Balaban J connectivity index is 0.000000647. The third-order valence-electron chi connectivity index (χ3n) is 3.10. The maximum absolute atomic E-state index is 13.3. The summed E-state index contributed by atoms with van der Waals surface area (Å²) in [6.45, 7) is 1.57. The van der Waals surface area contributed by atoms with Crippen molar-refractivity contribution in [2.75, 3.05) is 6.61 Å². The summed E-state index contributed by atoms with van der Waals surface area (Å²) in [4.78, 5) is -0.532. The van der Waals surface area contributed by atoms with Crippen molar-refractivity contribution in [3.8, 4) is 0 Å². The van der Waals surface area contributed by atoms with Gasteiger partial charge in [0.25, 0.3) is 10.1 Å². The molecule has 0 amide bonds. The van der Waals surface area contributed by atoms with Gasteiger partial charge >= 0.3 is 5.51 Å². The third-order valence-corrected chi connectivity index (χ3v) is 5.99. The molecule has 3 rings (SSSR count). The molecule has 4 nitrogen and oxygen atoms in total. The molecule has 0 spiro atoms. The lowest BCUT2D eigenvalue weighted by Crippen LogP contribution is -1.98. The number of fused-ring (bicyclic) bond motifs is 3. The second-order valence-corrected chi connectivity index (χ2v) is 8.05.